The van der Waals surface area contributed by atoms with Crippen LogP contribution in [0.4, 0.5) is 0 Å². The van der Waals surface area contributed by atoms with E-state index in [0.29, 0.717) is 11.8 Å². The molecule has 0 aromatic heterocycles. The Kier molecular flexibility index (Phi) is 5.83. The van der Waals surface area contributed by atoms with Crippen LogP contribution in [0.1, 0.15) is 36.6 Å². The third-order valence-electron chi connectivity index (χ3n) is 3.83. The van der Waals surface area contributed by atoms with E-state index in [2.05, 4.69) is 45.1 Å². The van der Waals surface area contributed by atoms with Gasteiger partial charge in [-0.1, -0.05) is 26.0 Å². The van der Waals surface area contributed by atoms with Crippen LogP contribution in [0, 0.1) is 25.7 Å². The minimum absolute atomic E-state index is 0.0516. The highest BCUT2D eigenvalue weighted by Gasteiger charge is 2.23. The van der Waals surface area contributed by atoms with Crippen LogP contribution in [0.5, 0.6) is 5.75 Å². The van der Waals surface area contributed by atoms with E-state index in [-0.39, 0.29) is 6.04 Å². The normalized spacial score (nSPS) is 14.5. The van der Waals surface area contributed by atoms with Gasteiger partial charge < -0.3 is 15.8 Å². The monoisotopic (exact) mass is 264 g/mol. The molecule has 1 aromatic rings. The van der Waals surface area contributed by atoms with Crippen molar-refractivity contribution >= 4 is 0 Å². The molecule has 0 radical (unpaired) electrons. The molecule has 2 unspecified atom stereocenters. The summed E-state index contributed by atoms with van der Waals surface area (Å²) in [5, 5.41) is 3.25. The maximum atomic E-state index is 6.47. The number of hydrogen-bond donors (Lipinski definition) is 2. The van der Waals surface area contributed by atoms with Crippen molar-refractivity contribution in [1.29, 1.82) is 0 Å². The molecular formula is C16H28N2O. The molecule has 3 heteroatoms. The Labute approximate surface area is 117 Å². The first kappa shape index (κ1) is 16.0. The summed E-state index contributed by atoms with van der Waals surface area (Å²) in [6.07, 6.45) is 0. The van der Waals surface area contributed by atoms with Gasteiger partial charge in [0.05, 0.1) is 7.11 Å². The third kappa shape index (κ3) is 3.71. The zero-order chi connectivity index (χ0) is 14.6. The van der Waals surface area contributed by atoms with Crippen molar-refractivity contribution in [2.24, 2.45) is 17.6 Å². The molecule has 0 saturated heterocycles. The van der Waals surface area contributed by atoms with E-state index in [1.165, 1.54) is 5.56 Å². The number of methoxy groups -OCH3 is 1. The Hall–Kier alpha value is -1.06. The van der Waals surface area contributed by atoms with Crippen molar-refractivity contribution in [1.82, 2.24) is 5.32 Å². The predicted molar refractivity (Wildman–Crippen MR) is 81.7 cm³/mol. The molecular weight excluding hydrogens is 236 g/mol. The van der Waals surface area contributed by atoms with E-state index in [1.807, 2.05) is 7.05 Å². The van der Waals surface area contributed by atoms with Crippen LogP contribution in [0.2, 0.25) is 0 Å². The topological polar surface area (TPSA) is 47.3 Å². The number of benzene rings is 1. The SMILES string of the molecule is CNCC(C(C)C)C(N)c1cc(C)c(OC)c(C)c1. The van der Waals surface area contributed by atoms with Gasteiger partial charge in [-0.2, -0.15) is 0 Å². The van der Waals surface area contributed by atoms with Crippen LogP contribution in [0.15, 0.2) is 12.1 Å². The predicted octanol–water partition coefficient (Wildman–Crippen LogP) is 2.80. The molecule has 0 aliphatic rings. The Morgan fingerprint density at radius 2 is 1.74 bits per heavy atom. The fraction of sp³-hybridized carbons (Fsp3) is 0.625. The molecule has 0 spiro atoms. The zero-order valence-corrected chi connectivity index (χ0v) is 13.1. The van der Waals surface area contributed by atoms with Gasteiger partial charge in [0.2, 0.25) is 0 Å². The molecule has 0 bridgehead atoms. The highest BCUT2D eigenvalue weighted by atomic mass is 16.5. The van der Waals surface area contributed by atoms with Gasteiger partial charge >= 0.3 is 0 Å². The van der Waals surface area contributed by atoms with Gasteiger partial charge in [0.1, 0.15) is 5.75 Å². The van der Waals surface area contributed by atoms with Crippen molar-refractivity contribution in [3.63, 3.8) is 0 Å². The van der Waals surface area contributed by atoms with Crippen LogP contribution < -0.4 is 15.8 Å². The van der Waals surface area contributed by atoms with Gasteiger partial charge in [-0.3, -0.25) is 0 Å². The number of rotatable bonds is 6. The summed E-state index contributed by atoms with van der Waals surface area (Å²) in [5.74, 6) is 1.94. The molecule has 0 amide bonds. The third-order valence-corrected chi connectivity index (χ3v) is 3.83. The summed E-state index contributed by atoms with van der Waals surface area (Å²) in [6.45, 7) is 9.54. The van der Waals surface area contributed by atoms with Gasteiger partial charge in [-0.15, -0.1) is 0 Å². The average Bonchev–Trinajstić information content (AvgIpc) is 2.34. The summed E-state index contributed by atoms with van der Waals surface area (Å²) < 4.78 is 5.41. The number of aryl methyl sites for hydroxylation is 2. The van der Waals surface area contributed by atoms with Crippen LogP contribution in [-0.2, 0) is 0 Å². The number of nitrogens with two attached hydrogens (primary N) is 1. The first-order chi connectivity index (χ1) is 8.92. The van der Waals surface area contributed by atoms with Gasteiger partial charge in [0.15, 0.2) is 0 Å². The van der Waals surface area contributed by atoms with E-state index >= 15 is 0 Å². The first-order valence-electron chi connectivity index (χ1n) is 6.97. The second kappa shape index (κ2) is 6.92. The summed E-state index contributed by atoms with van der Waals surface area (Å²) in [4.78, 5) is 0. The number of ether oxygens (including phenoxy) is 1. The Morgan fingerprint density at radius 1 is 1.21 bits per heavy atom. The lowest BCUT2D eigenvalue weighted by Gasteiger charge is -2.28. The molecule has 1 aromatic carbocycles. The molecule has 0 aliphatic heterocycles. The number of hydrogen-bond acceptors (Lipinski definition) is 3. The Bertz CT molecular complexity index is 392. The molecule has 1 rings (SSSR count). The van der Waals surface area contributed by atoms with E-state index < -0.39 is 0 Å². The van der Waals surface area contributed by atoms with Gasteiger partial charge in [-0.25, -0.2) is 0 Å². The average molecular weight is 264 g/mol. The van der Waals surface area contributed by atoms with E-state index in [4.69, 9.17) is 10.5 Å². The van der Waals surface area contributed by atoms with Crippen molar-refractivity contribution in [3.05, 3.63) is 28.8 Å². The van der Waals surface area contributed by atoms with Gasteiger partial charge in [0, 0.05) is 6.04 Å². The summed E-state index contributed by atoms with van der Waals surface area (Å²) in [5.41, 5.74) is 9.98. The standard InChI is InChI=1S/C16H28N2O/c1-10(2)14(9-18-5)15(17)13-7-11(3)16(19-6)12(4)8-13/h7-8,10,14-15,18H,9,17H2,1-6H3. The molecule has 19 heavy (non-hydrogen) atoms. The maximum Gasteiger partial charge on any atom is 0.124 e. The summed E-state index contributed by atoms with van der Waals surface area (Å²) in [6, 6.07) is 4.36. The maximum absolute atomic E-state index is 6.47. The summed E-state index contributed by atoms with van der Waals surface area (Å²) in [7, 11) is 3.69. The highest BCUT2D eigenvalue weighted by Crippen LogP contribution is 2.31. The number of nitrogens with one attached hydrogen (secondary N) is 1. The van der Waals surface area contributed by atoms with Crippen molar-refractivity contribution in [2.45, 2.75) is 33.7 Å². The fourth-order valence-electron chi connectivity index (χ4n) is 2.76. The lowest BCUT2D eigenvalue weighted by Crippen LogP contribution is -2.33. The minimum atomic E-state index is 0.0516. The smallest absolute Gasteiger partial charge is 0.124 e. The lowest BCUT2D eigenvalue weighted by molar-refractivity contribution is 0.314. The molecule has 108 valence electrons. The van der Waals surface area contributed by atoms with Crippen LogP contribution >= 0.6 is 0 Å². The van der Waals surface area contributed by atoms with Crippen LogP contribution in [0.25, 0.3) is 0 Å². The molecule has 0 aliphatic carbocycles. The highest BCUT2D eigenvalue weighted by molar-refractivity contribution is 5.44. The quantitative estimate of drug-likeness (QED) is 0.830. The van der Waals surface area contributed by atoms with Crippen molar-refractivity contribution in [2.75, 3.05) is 20.7 Å². The largest absolute Gasteiger partial charge is 0.496 e. The van der Waals surface area contributed by atoms with E-state index in [1.54, 1.807) is 7.11 Å². The molecule has 3 N–H and O–H groups in total. The fourth-order valence-corrected chi connectivity index (χ4v) is 2.76. The summed E-state index contributed by atoms with van der Waals surface area (Å²) >= 11 is 0. The molecule has 0 fully saturated rings. The van der Waals surface area contributed by atoms with Gasteiger partial charge in [0.25, 0.3) is 0 Å². The lowest BCUT2D eigenvalue weighted by atomic mass is 9.84. The Morgan fingerprint density at radius 3 is 2.11 bits per heavy atom. The molecule has 0 heterocycles. The van der Waals surface area contributed by atoms with Crippen LogP contribution in [0.3, 0.4) is 0 Å². The first-order valence-corrected chi connectivity index (χ1v) is 6.97. The molecule has 3 nitrogen and oxygen atoms in total. The van der Waals surface area contributed by atoms with Crippen molar-refractivity contribution in [3.8, 4) is 5.75 Å². The molecule has 0 saturated carbocycles. The second-order valence-corrected chi connectivity index (χ2v) is 5.68. The van der Waals surface area contributed by atoms with E-state index in [9.17, 15) is 0 Å². The van der Waals surface area contributed by atoms with Crippen molar-refractivity contribution < 1.29 is 4.74 Å². The minimum Gasteiger partial charge on any atom is -0.496 e. The second-order valence-electron chi connectivity index (χ2n) is 5.68. The van der Waals surface area contributed by atoms with E-state index in [0.717, 1.165) is 23.4 Å². The van der Waals surface area contributed by atoms with Crippen LogP contribution in [-0.4, -0.2) is 20.7 Å². The zero-order valence-electron chi connectivity index (χ0n) is 13.1. The Balaban J connectivity index is 3.08. The van der Waals surface area contributed by atoms with Gasteiger partial charge in [-0.05, 0) is 56.0 Å². The molecule has 2 atom stereocenters.